The molecular formula is C7H11NO3. The van der Waals surface area contributed by atoms with Gasteiger partial charge in [-0.25, -0.2) is 0 Å². The van der Waals surface area contributed by atoms with E-state index in [2.05, 4.69) is 0 Å². The maximum absolute atomic E-state index is 10.8. The van der Waals surface area contributed by atoms with E-state index in [1.165, 1.54) is 0 Å². The Labute approximate surface area is 64.7 Å². The monoisotopic (exact) mass is 157 g/mol. The smallest absolute Gasteiger partial charge is 0.307 e. The van der Waals surface area contributed by atoms with E-state index in [1.54, 1.807) is 13.8 Å². The van der Waals surface area contributed by atoms with Gasteiger partial charge in [0.2, 0.25) is 5.91 Å². The van der Waals surface area contributed by atoms with Crippen LogP contribution in [0.15, 0.2) is 0 Å². The molecule has 0 aromatic heterocycles. The van der Waals surface area contributed by atoms with Crippen LogP contribution in [-0.4, -0.2) is 17.5 Å². The first-order chi connectivity index (χ1) is 4.93. The summed E-state index contributed by atoms with van der Waals surface area (Å²) < 4.78 is 4.88. The molecule has 0 radical (unpaired) electrons. The fraction of sp³-hybridized carbons (Fsp3) is 0.714. The summed E-state index contributed by atoms with van der Waals surface area (Å²) in [5.41, 5.74) is 4.35. The summed E-state index contributed by atoms with van der Waals surface area (Å²) in [4.78, 5) is 21.5. The molecule has 1 saturated heterocycles. The zero-order chi connectivity index (χ0) is 8.65. The standard InChI is InChI=1S/C7H11NO3/c1-7(2)4(6(8)10)3-5(9)11-7/h4H,3H2,1-2H3,(H2,8,10). The van der Waals surface area contributed by atoms with Crippen LogP contribution in [0.2, 0.25) is 0 Å². The number of rotatable bonds is 1. The summed E-state index contributed by atoms with van der Waals surface area (Å²) in [6.45, 7) is 3.38. The second-order valence-electron chi connectivity index (χ2n) is 3.24. The van der Waals surface area contributed by atoms with Crippen molar-refractivity contribution in [1.29, 1.82) is 0 Å². The van der Waals surface area contributed by atoms with Crippen molar-refractivity contribution in [2.45, 2.75) is 25.9 Å². The number of carbonyl (C=O) groups is 2. The number of amides is 1. The van der Waals surface area contributed by atoms with Gasteiger partial charge >= 0.3 is 5.97 Å². The number of carbonyl (C=O) groups excluding carboxylic acids is 2. The Balaban J connectivity index is 2.82. The molecule has 0 spiro atoms. The lowest BCUT2D eigenvalue weighted by Gasteiger charge is -2.21. The molecule has 1 fully saturated rings. The van der Waals surface area contributed by atoms with Gasteiger partial charge in [-0.2, -0.15) is 0 Å². The number of primary amides is 1. The Hall–Kier alpha value is -1.06. The van der Waals surface area contributed by atoms with Crippen LogP contribution >= 0.6 is 0 Å². The van der Waals surface area contributed by atoms with Crippen LogP contribution in [0.3, 0.4) is 0 Å². The molecule has 62 valence electrons. The lowest BCUT2D eigenvalue weighted by Crippen LogP contribution is -2.37. The Morgan fingerprint density at radius 2 is 2.27 bits per heavy atom. The minimum absolute atomic E-state index is 0.113. The highest BCUT2D eigenvalue weighted by Gasteiger charge is 2.44. The minimum atomic E-state index is -0.719. The molecule has 4 nitrogen and oxygen atoms in total. The van der Waals surface area contributed by atoms with Crippen molar-refractivity contribution in [3.05, 3.63) is 0 Å². The molecular weight excluding hydrogens is 146 g/mol. The summed E-state index contributed by atoms with van der Waals surface area (Å²) in [5.74, 6) is -1.30. The first kappa shape index (κ1) is 8.04. The second-order valence-corrected chi connectivity index (χ2v) is 3.24. The maximum atomic E-state index is 10.8. The van der Waals surface area contributed by atoms with Gasteiger partial charge in [0.05, 0.1) is 12.3 Å². The summed E-state index contributed by atoms with van der Waals surface area (Å²) in [7, 11) is 0. The minimum Gasteiger partial charge on any atom is -0.459 e. The number of cyclic esters (lactones) is 1. The molecule has 1 aliphatic heterocycles. The fourth-order valence-electron chi connectivity index (χ4n) is 1.26. The zero-order valence-corrected chi connectivity index (χ0v) is 6.59. The van der Waals surface area contributed by atoms with Gasteiger partial charge in [0.1, 0.15) is 5.60 Å². The largest absolute Gasteiger partial charge is 0.459 e. The Kier molecular flexibility index (Phi) is 1.62. The Morgan fingerprint density at radius 3 is 2.45 bits per heavy atom. The van der Waals surface area contributed by atoms with Gasteiger partial charge in [-0.1, -0.05) is 0 Å². The molecule has 1 atom stereocenters. The highest BCUT2D eigenvalue weighted by molar-refractivity contribution is 5.86. The molecule has 1 aliphatic rings. The van der Waals surface area contributed by atoms with Gasteiger partial charge in [0.25, 0.3) is 0 Å². The van der Waals surface area contributed by atoms with Crippen LogP contribution in [0.5, 0.6) is 0 Å². The fourth-order valence-corrected chi connectivity index (χ4v) is 1.26. The molecule has 0 aromatic carbocycles. The third kappa shape index (κ3) is 1.34. The average molecular weight is 157 g/mol. The molecule has 1 amide bonds. The van der Waals surface area contributed by atoms with Crippen molar-refractivity contribution < 1.29 is 14.3 Å². The number of hydrogen-bond acceptors (Lipinski definition) is 3. The normalized spacial score (nSPS) is 28.2. The lowest BCUT2D eigenvalue weighted by atomic mass is 9.90. The molecule has 1 heterocycles. The van der Waals surface area contributed by atoms with Crippen molar-refractivity contribution in [2.75, 3.05) is 0 Å². The van der Waals surface area contributed by atoms with Crippen LogP contribution in [0.1, 0.15) is 20.3 Å². The van der Waals surface area contributed by atoms with Gasteiger partial charge in [-0.05, 0) is 13.8 Å². The van der Waals surface area contributed by atoms with Crippen molar-refractivity contribution in [1.82, 2.24) is 0 Å². The molecule has 11 heavy (non-hydrogen) atoms. The van der Waals surface area contributed by atoms with E-state index in [9.17, 15) is 9.59 Å². The van der Waals surface area contributed by atoms with Crippen LogP contribution in [0, 0.1) is 5.92 Å². The molecule has 1 unspecified atom stereocenters. The molecule has 1 rings (SSSR count). The summed E-state index contributed by atoms with van der Waals surface area (Å²) >= 11 is 0. The van der Waals surface area contributed by atoms with Gasteiger partial charge in [0.15, 0.2) is 0 Å². The number of ether oxygens (including phenoxy) is 1. The van der Waals surface area contributed by atoms with Crippen molar-refractivity contribution >= 4 is 11.9 Å². The second kappa shape index (κ2) is 2.22. The summed E-state index contributed by atoms with van der Waals surface area (Å²) in [6, 6.07) is 0. The number of esters is 1. The SMILES string of the molecule is CC1(C)OC(=O)CC1C(N)=O. The topological polar surface area (TPSA) is 69.4 Å². The third-order valence-electron chi connectivity index (χ3n) is 1.93. The van der Waals surface area contributed by atoms with Crippen LogP contribution in [0.4, 0.5) is 0 Å². The molecule has 4 heteroatoms. The average Bonchev–Trinajstić information content (AvgIpc) is 2.04. The summed E-state index contributed by atoms with van der Waals surface area (Å²) in [6.07, 6.45) is 0.113. The molecule has 0 aromatic rings. The van der Waals surface area contributed by atoms with Gasteiger partial charge < -0.3 is 10.5 Å². The molecule has 0 bridgehead atoms. The van der Waals surface area contributed by atoms with Gasteiger partial charge in [-0.3, -0.25) is 9.59 Å². The van der Waals surface area contributed by atoms with Crippen LogP contribution < -0.4 is 5.73 Å². The number of nitrogens with two attached hydrogens (primary N) is 1. The third-order valence-corrected chi connectivity index (χ3v) is 1.93. The maximum Gasteiger partial charge on any atom is 0.307 e. The highest BCUT2D eigenvalue weighted by atomic mass is 16.6. The number of hydrogen-bond donors (Lipinski definition) is 1. The first-order valence-electron chi connectivity index (χ1n) is 3.44. The van der Waals surface area contributed by atoms with E-state index in [1.807, 2.05) is 0 Å². The van der Waals surface area contributed by atoms with E-state index in [0.29, 0.717) is 0 Å². The van der Waals surface area contributed by atoms with Crippen LogP contribution in [-0.2, 0) is 14.3 Å². The Bertz CT molecular complexity index is 210. The van der Waals surface area contributed by atoms with Crippen molar-refractivity contribution in [3.63, 3.8) is 0 Å². The van der Waals surface area contributed by atoms with E-state index in [4.69, 9.17) is 10.5 Å². The van der Waals surface area contributed by atoms with Gasteiger partial charge in [0, 0.05) is 0 Å². The Morgan fingerprint density at radius 1 is 1.73 bits per heavy atom. The highest BCUT2D eigenvalue weighted by Crippen LogP contribution is 2.31. The predicted molar refractivity (Wildman–Crippen MR) is 37.5 cm³/mol. The predicted octanol–water partition coefficient (Wildman–Crippen LogP) is -0.187. The molecule has 2 N–H and O–H groups in total. The van der Waals surface area contributed by atoms with E-state index in [-0.39, 0.29) is 12.4 Å². The summed E-state index contributed by atoms with van der Waals surface area (Å²) in [5, 5.41) is 0. The van der Waals surface area contributed by atoms with E-state index < -0.39 is 17.4 Å². The quantitative estimate of drug-likeness (QED) is 0.536. The molecule has 0 aliphatic carbocycles. The molecule has 0 saturated carbocycles. The van der Waals surface area contributed by atoms with E-state index in [0.717, 1.165) is 0 Å². The first-order valence-corrected chi connectivity index (χ1v) is 3.44. The van der Waals surface area contributed by atoms with Crippen LogP contribution in [0.25, 0.3) is 0 Å². The van der Waals surface area contributed by atoms with E-state index >= 15 is 0 Å². The lowest BCUT2D eigenvalue weighted by molar-refractivity contribution is -0.147. The van der Waals surface area contributed by atoms with Crippen molar-refractivity contribution in [2.24, 2.45) is 11.7 Å². The van der Waals surface area contributed by atoms with Crippen molar-refractivity contribution in [3.8, 4) is 0 Å². The van der Waals surface area contributed by atoms with Gasteiger partial charge in [-0.15, -0.1) is 0 Å². The zero-order valence-electron chi connectivity index (χ0n) is 6.59.